The first-order valence-corrected chi connectivity index (χ1v) is 4.69. The Balaban J connectivity index is 1.80. The number of hydrogen-bond acceptors (Lipinski definition) is 3. The highest BCUT2D eigenvalue weighted by Gasteiger charge is 2.43. The molecule has 1 N–H and O–H groups in total. The summed E-state index contributed by atoms with van der Waals surface area (Å²) in [6, 6.07) is 0. The van der Waals surface area contributed by atoms with Gasteiger partial charge >= 0.3 is 5.69 Å². The van der Waals surface area contributed by atoms with Gasteiger partial charge in [0.1, 0.15) is 0 Å². The lowest BCUT2D eigenvalue weighted by atomic mass is 10.1. The predicted octanol–water partition coefficient (Wildman–Crippen LogP) is 0.263. The molecule has 0 aliphatic carbocycles. The smallest absolute Gasteiger partial charge is 0.312 e. The maximum atomic E-state index is 12.5. The molecule has 2 heterocycles. The summed E-state index contributed by atoms with van der Waals surface area (Å²) in [5.74, 6) is -2.51. The molecule has 0 atom stereocenters. The van der Waals surface area contributed by atoms with Crippen LogP contribution in [-0.2, 0) is 6.42 Å². The van der Waals surface area contributed by atoms with Gasteiger partial charge in [-0.15, -0.1) is 0 Å². The number of likely N-dealkylation sites (tertiary alicyclic amines) is 1. The van der Waals surface area contributed by atoms with E-state index in [0.717, 1.165) is 5.56 Å². The molecule has 0 bridgehead atoms. The van der Waals surface area contributed by atoms with Gasteiger partial charge in [0, 0.05) is 18.9 Å². The van der Waals surface area contributed by atoms with Gasteiger partial charge in [-0.3, -0.25) is 4.90 Å². The summed E-state index contributed by atoms with van der Waals surface area (Å²) in [5.41, 5.74) is 0.457. The second-order valence-electron chi connectivity index (χ2n) is 3.74. The summed E-state index contributed by atoms with van der Waals surface area (Å²) in [5, 5.41) is 0. The normalized spacial score (nSPS) is 19.9. The fourth-order valence-electron chi connectivity index (χ4n) is 1.56. The molecule has 1 saturated heterocycles. The molecule has 1 aliphatic heterocycles. The molecule has 0 spiro atoms. The number of aromatic amines is 1. The van der Waals surface area contributed by atoms with Crippen LogP contribution in [-0.4, -0.2) is 40.4 Å². The topological polar surface area (TPSA) is 49.0 Å². The largest absolute Gasteiger partial charge is 0.344 e. The highest BCUT2D eigenvalue weighted by atomic mass is 19.3. The molecule has 82 valence electrons. The van der Waals surface area contributed by atoms with Crippen molar-refractivity contribution in [2.45, 2.75) is 12.3 Å². The Kier molecular flexibility index (Phi) is 2.52. The average Bonchev–Trinajstić information content (AvgIpc) is 2.14. The van der Waals surface area contributed by atoms with E-state index in [4.69, 9.17) is 0 Å². The van der Waals surface area contributed by atoms with Gasteiger partial charge < -0.3 is 4.98 Å². The Hall–Kier alpha value is -1.30. The van der Waals surface area contributed by atoms with Crippen molar-refractivity contribution in [2.24, 2.45) is 0 Å². The summed E-state index contributed by atoms with van der Waals surface area (Å²) in [6.07, 6.45) is 3.66. The molecule has 0 aromatic carbocycles. The zero-order chi connectivity index (χ0) is 10.9. The number of alkyl halides is 2. The van der Waals surface area contributed by atoms with E-state index in [-0.39, 0.29) is 13.1 Å². The van der Waals surface area contributed by atoms with Crippen molar-refractivity contribution in [1.29, 1.82) is 0 Å². The zero-order valence-corrected chi connectivity index (χ0v) is 8.04. The molecule has 1 aliphatic rings. The SMILES string of the molecule is O=c1ncc(CCN2CC(F)(F)C2)c[nH]1. The van der Waals surface area contributed by atoms with Gasteiger partial charge in [0.15, 0.2) is 0 Å². The van der Waals surface area contributed by atoms with E-state index >= 15 is 0 Å². The highest BCUT2D eigenvalue weighted by molar-refractivity contribution is 5.03. The number of halogens is 2. The monoisotopic (exact) mass is 215 g/mol. The lowest BCUT2D eigenvalue weighted by Crippen LogP contribution is -2.56. The third-order valence-corrected chi connectivity index (χ3v) is 2.36. The minimum absolute atomic E-state index is 0.163. The van der Waals surface area contributed by atoms with Crippen molar-refractivity contribution in [3.63, 3.8) is 0 Å². The molecular weight excluding hydrogens is 204 g/mol. The van der Waals surface area contributed by atoms with Gasteiger partial charge in [-0.2, -0.15) is 0 Å². The van der Waals surface area contributed by atoms with Crippen LogP contribution in [0.1, 0.15) is 5.56 Å². The van der Waals surface area contributed by atoms with Crippen LogP contribution in [0.2, 0.25) is 0 Å². The van der Waals surface area contributed by atoms with Crippen LogP contribution in [0.5, 0.6) is 0 Å². The Morgan fingerprint density at radius 1 is 1.53 bits per heavy atom. The molecular formula is C9H11F2N3O. The van der Waals surface area contributed by atoms with Crippen LogP contribution < -0.4 is 5.69 Å². The molecule has 0 saturated carbocycles. The summed E-state index contributed by atoms with van der Waals surface area (Å²) in [7, 11) is 0. The Morgan fingerprint density at radius 3 is 2.80 bits per heavy atom. The Bertz CT molecular complexity index is 376. The van der Waals surface area contributed by atoms with Gasteiger partial charge in [0.05, 0.1) is 13.1 Å². The lowest BCUT2D eigenvalue weighted by molar-refractivity contribution is -0.129. The van der Waals surface area contributed by atoms with Gasteiger partial charge in [-0.1, -0.05) is 0 Å². The predicted molar refractivity (Wildman–Crippen MR) is 49.9 cm³/mol. The minimum atomic E-state index is -2.51. The number of aromatic nitrogens is 2. The maximum absolute atomic E-state index is 12.5. The third kappa shape index (κ3) is 2.59. The van der Waals surface area contributed by atoms with Crippen LogP contribution >= 0.6 is 0 Å². The molecule has 15 heavy (non-hydrogen) atoms. The first-order valence-electron chi connectivity index (χ1n) is 4.69. The van der Waals surface area contributed by atoms with Gasteiger partial charge in [0.25, 0.3) is 5.92 Å². The van der Waals surface area contributed by atoms with E-state index < -0.39 is 11.6 Å². The molecule has 4 nitrogen and oxygen atoms in total. The molecule has 0 radical (unpaired) electrons. The molecule has 2 rings (SSSR count). The van der Waals surface area contributed by atoms with E-state index in [1.807, 2.05) is 0 Å². The van der Waals surface area contributed by atoms with Crippen molar-refractivity contribution in [1.82, 2.24) is 14.9 Å². The van der Waals surface area contributed by atoms with Crippen LogP contribution in [0.3, 0.4) is 0 Å². The molecule has 1 aromatic rings. The number of nitrogens with zero attached hydrogens (tertiary/aromatic N) is 2. The molecule has 1 aromatic heterocycles. The van der Waals surface area contributed by atoms with E-state index in [9.17, 15) is 13.6 Å². The first-order chi connectivity index (χ1) is 7.05. The fourth-order valence-corrected chi connectivity index (χ4v) is 1.56. The number of nitrogens with one attached hydrogen (secondary N) is 1. The average molecular weight is 215 g/mol. The quantitative estimate of drug-likeness (QED) is 0.787. The van der Waals surface area contributed by atoms with Crippen LogP contribution in [0, 0.1) is 0 Å². The first kappa shape index (κ1) is 10.2. The fraction of sp³-hybridized carbons (Fsp3) is 0.556. The minimum Gasteiger partial charge on any atom is -0.312 e. The second-order valence-corrected chi connectivity index (χ2v) is 3.74. The summed E-state index contributed by atoms with van der Waals surface area (Å²) >= 11 is 0. The summed E-state index contributed by atoms with van der Waals surface area (Å²) < 4.78 is 24.9. The van der Waals surface area contributed by atoms with Gasteiger partial charge in [-0.05, 0) is 12.0 Å². The van der Waals surface area contributed by atoms with Gasteiger partial charge in [-0.25, -0.2) is 18.6 Å². The van der Waals surface area contributed by atoms with E-state index in [2.05, 4.69) is 9.97 Å². The van der Waals surface area contributed by atoms with Crippen molar-refractivity contribution >= 4 is 0 Å². The zero-order valence-electron chi connectivity index (χ0n) is 8.04. The molecule has 0 amide bonds. The van der Waals surface area contributed by atoms with Crippen LogP contribution in [0.4, 0.5) is 8.78 Å². The molecule has 6 heteroatoms. The Labute approximate surface area is 84.9 Å². The van der Waals surface area contributed by atoms with Gasteiger partial charge in [0.2, 0.25) is 0 Å². The van der Waals surface area contributed by atoms with Crippen molar-refractivity contribution < 1.29 is 8.78 Å². The third-order valence-electron chi connectivity index (χ3n) is 2.36. The summed E-state index contributed by atoms with van der Waals surface area (Å²) in [4.78, 5) is 18.3. The van der Waals surface area contributed by atoms with Crippen LogP contribution in [0.15, 0.2) is 17.2 Å². The Morgan fingerprint density at radius 2 is 2.27 bits per heavy atom. The highest BCUT2D eigenvalue weighted by Crippen LogP contribution is 2.26. The number of rotatable bonds is 3. The lowest BCUT2D eigenvalue weighted by Gasteiger charge is -2.38. The molecule has 0 unspecified atom stereocenters. The standard InChI is InChI=1S/C9H11F2N3O/c10-9(11)5-14(6-9)2-1-7-3-12-8(15)13-4-7/h3-4H,1-2,5-6H2,(H,12,13,15). The van der Waals surface area contributed by atoms with E-state index in [1.165, 1.54) is 6.20 Å². The van der Waals surface area contributed by atoms with Crippen LogP contribution in [0.25, 0.3) is 0 Å². The van der Waals surface area contributed by atoms with Crippen molar-refractivity contribution in [3.05, 3.63) is 28.4 Å². The second kappa shape index (κ2) is 3.69. The van der Waals surface area contributed by atoms with E-state index in [0.29, 0.717) is 13.0 Å². The maximum Gasteiger partial charge on any atom is 0.344 e. The van der Waals surface area contributed by atoms with Crippen molar-refractivity contribution in [2.75, 3.05) is 19.6 Å². The number of hydrogen-bond donors (Lipinski definition) is 1. The van der Waals surface area contributed by atoms with Crippen molar-refractivity contribution in [3.8, 4) is 0 Å². The summed E-state index contributed by atoms with van der Waals surface area (Å²) in [6.45, 7) is 0.247. The number of H-pyrrole nitrogens is 1. The molecule has 1 fully saturated rings. The van der Waals surface area contributed by atoms with E-state index in [1.54, 1.807) is 11.1 Å².